The third-order valence-corrected chi connectivity index (χ3v) is 4.73. The van der Waals surface area contributed by atoms with Crippen LogP contribution in [0.4, 0.5) is 13.2 Å². The second-order valence-corrected chi connectivity index (χ2v) is 7.44. The summed E-state index contributed by atoms with van der Waals surface area (Å²) in [7, 11) is 2.14. The summed E-state index contributed by atoms with van der Waals surface area (Å²) in [4.78, 5) is 9.22. The highest BCUT2D eigenvalue weighted by Gasteiger charge is 2.31. The van der Waals surface area contributed by atoms with Crippen LogP contribution in [0.5, 0.6) is 5.75 Å². The quantitative estimate of drug-likeness (QED) is 0.300. The monoisotopic (exact) mass is 543 g/mol. The van der Waals surface area contributed by atoms with Crippen molar-refractivity contribution in [3.05, 3.63) is 29.8 Å². The van der Waals surface area contributed by atoms with Gasteiger partial charge < -0.3 is 25.2 Å². The molecule has 0 aromatic heterocycles. The van der Waals surface area contributed by atoms with Crippen molar-refractivity contribution in [2.24, 2.45) is 10.9 Å². The molecule has 2 rings (SSSR count). The number of alkyl halides is 3. The molecule has 1 aromatic rings. The molecule has 0 amide bonds. The average Bonchev–Trinajstić information content (AvgIpc) is 2.66. The standard InChI is InChI=1S/C20H32F3N5O.HI/c1-4-24-19(25-13-16(2)15-28-11-9-27(3)10-12-28)26-14-17-7-5-6-8-18(17)29-20(21,22)23;/h5-8,16H,4,9-15H2,1-3H3,(H2,24,25,26);1H. The highest BCUT2D eigenvalue weighted by atomic mass is 127. The first kappa shape index (κ1) is 26.8. The first-order valence-corrected chi connectivity index (χ1v) is 10.0. The second kappa shape index (κ2) is 13.2. The zero-order chi connectivity index (χ0) is 21.3. The molecular formula is C20H33F3IN5O. The summed E-state index contributed by atoms with van der Waals surface area (Å²) < 4.78 is 41.8. The Hall–Kier alpha value is -1.27. The maximum atomic E-state index is 12.6. The van der Waals surface area contributed by atoms with E-state index in [4.69, 9.17) is 0 Å². The van der Waals surface area contributed by atoms with Gasteiger partial charge in [-0.3, -0.25) is 0 Å². The number of nitrogens with zero attached hydrogens (tertiary/aromatic N) is 3. The Morgan fingerprint density at radius 2 is 1.83 bits per heavy atom. The van der Waals surface area contributed by atoms with Gasteiger partial charge in [0.25, 0.3) is 0 Å². The van der Waals surface area contributed by atoms with Crippen LogP contribution in [0.2, 0.25) is 0 Å². The van der Waals surface area contributed by atoms with Crippen molar-refractivity contribution >= 4 is 29.9 Å². The number of para-hydroxylation sites is 1. The molecule has 0 spiro atoms. The SMILES string of the molecule is CCNC(=NCc1ccccc1OC(F)(F)F)NCC(C)CN1CCN(C)CC1.I. The Labute approximate surface area is 194 Å². The van der Waals surface area contributed by atoms with E-state index in [9.17, 15) is 13.2 Å². The summed E-state index contributed by atoms with van der Waals surface area (Å²) in [5.41, 5.74) is 0.382. The third-order valence-electron chi connectivity index (χ3n) is 4.73. The minimum Gasteiger partial charge on any atom is -0.405 e. The fraction of sp³-hybridized carbons (Fsp3) is 0.650. The van der Waals surface area contributed by atoms with Crippen LogP contribution in [0.15, 0.2) is 29.3 Å². The number of piperazine rings is 1. The van der Waals surface area contributed by atoms with E-state index in [-0.39, 0.29) is 36.3 Å². The number of halogens is 4. The van der Waals surface area contributed by atoms with E-state index in [2.05, 4.69) is 44.1 Å². The molecular weight excluding hydrogens is 510 g/mol. The molecule has 0 aliphatic carbocycles. The Morgan fingerprint density at radius 1 is 1.17 bits per heavy atom. The van der Waals surface area contributed by atoms with Crippen LogP contribution in [-0.4, -0.2) is 75.0 Å². The predicted molar refractivity (Wildman–Crippen MR) is 124 cm³/mol. The first-order valence-electron chi connectivity index (χ1n) is 10.0. The summed E-state index contributed by atoms with van der Waals surface area (Å²) in [5.74, 6) is 0.783. The molecule has 1 aliphatic rings. The number of aliphatic imine (C=N–C) groups is 1. The summed E-state index contributed by atoms with van der Waals surface area (Å²) >= 11 is 0. The van der Waals surface area contributed by atoms with Gasteiger partial charge in [0.1, 0.15) is 5.75 Å². The van der Waals surface area contributed by atoms with E-state index in [1.54, 1.807) is 12.1 Å². The van der Waals surface area contributed by atoms with E-state index >= 15 is 0 Å². The number of nitrogens with one attached hydrogen (secondary N) is 2. The van der Waals surface area contributed by atoms with E-state index in [0.29, 0.717) is 24.0 Å². The number of hydrogen-bond acceptors (Lipinski definition) is 4. The van der Waals surface area contributed by atoms with Gasteiger partial charge in [-0.1, -0.05) is 25.1 Å². The molecule has 2 N–H and O–H groups in total. The lowest BCUT2D eigenvalue weighted by Crippen LogP contribution is -2.47. The van der Waals surface area contributed by atoms with Crippen LogP contribution < -0.4 is 15.4 Å². The second-order valence-electron chi connectivity index (χ2n) is 7.44. The third kappa shape index (κ3) is 10.2. The van der Waals surface area contributed by atoms with Gasteiger partial charge in [0.15, 0.2) is 5.96 Å². The maximum absolute atomic E-state index is 12.6. The summed E-state index contributed by atoms with van der Waals surface area (Å²) in [6, 6.07) is 6.07. The van der Waals surface area contributed by atoms with Crippen LogP contribution in [-0.2, 0) is 6.54 Å². The fourth-order valence-corrected chi connectivity index (χ4v) is 3.17. The normalized spacial score (nSPS) is 17.2. The summed E-state index contributed by atoms with van der Waals surface area (Å²) in [5, 5.41) is 6.44. The molecule has 0 bridgehead atoms. The largest absolute Gasteiger partial charge is 0.573 e. The Balaban J connectivity index is 0.00000450. The van der Waals surface area contributed by atoms with Crippen molar-refractivity contribution in [1.29, 1.82) is 0 Å². The molecule has 6 nitrogen and oxygen atoms in total. The predicted octanol–water partition coefficient (Wildman–Crippen LogP) is 3.14. The van der Waals surface area contributed by atoms with Gasteiger partial charge in [0.2, 0.25) is 0 Å². The molecule has 1 heterocycles. The molecule has 172 valence electrons. The maximum Gasteiger partial charge on any atom is 0.573 e. The minimum atomic E-state index is -4.72. The molecule has 1 aliphatic heterocycles. The lowest BCUT2D eigenvalue weighted by molar-refractivity contribution is -0.274. The van der Waals surface area contributed by atoms with Crippen molar-refractivity contribution in [2.75, 3.05) is 52.9 Å². The topological polar surface area (TPSA) is 52.1 Å². The van der Waals surface area contributed by atoms with Crippen LogP contribution in [0, 0.1) is 5.92 Å². The van der Waals surface area contributed by atoms with E-state index in [0.717, 1.165) is 39.3 Å². The molecule has 1 fully saturated rings. The van der Waals surface area contributed by atoms with Crippen LogP contribution in [0.1, 0.15) is 19.4 Å². The number of likely N-dealkylation sites (N-methyl/N-ethyl adjacent to an activating group) is 1. The average molecular weight is 543 g/mol. The number of ether oxygens (including phenoxy) is 1. The lowest BCUT2D eigenvalue weighted by atomic mass is 10.1. The molecule has 1 atom stereocenters. The van der Waals surface area contributed by atoms with E-state index in [1.807, 2.05) is 6.92 Å². The van der Waals surface area contributed by atoms with Crippen LogP contribution in [0.25, 0.3) is 0 Å². The van der Waals surface area contributed by atoms with Gasteiger partial charge in [-0.05, 0) is 26.0 Å². The number of benzene rings is 1. The molecule has 1 unspecified atom stereocenters. The minimum absolute atomic E-state index is 0. The molecule has 0 saturated carbocycles. The van der Waals surface area contributed by atoms with Gasteiger partial charge in [-0.25, -0.2) is 4.99 Å². The summed E-state index contributed by atoms with van der Waals surface area (Å²) in [6.07, 6.45) is -4.72. The highest BCUT2D eigenvalue weighted by Crippen LogP contribution is 2.26. The highest BCUT2D eigenvalue weighted by molar-refractivity contribution is 14.0. The summed E-state index contributed by atoms with van der Waals surface area (Å²) in [6.45, 7) is 10.9. The van der Waals surface area contributed by atoms with Crippen molar-refractivity contribution in [3.63, 3.8) is 0 Å². The van der Waals surface area contributed by atoms with Crippen molar-refractivity contribution in [3.8, 4) is 5.75 Å². The fourth-order valence-electron chi connectivity index (χ4n) is 3.17. The molecule has 30 heavy (non-hydrogen) atoms. The van der Waals surface area contributed by atoms with Gasteiger partial charge in [-0.15, -0.1) is 37.1 Å². The Morgan fingerprint density at radius 3 is 2.47 bits per heavy atom. The van der Waals surface area contributed by atoms with Crippen molar-refractivity contribution < 1.29 is 17.9 Å². The van der Waals surface area contributed by atoms with Gasteiger partial charge in [-0.2, -0.15) is 0 Å². The molecule has 1 saturated heterocycles. The lowest BCUT2D eigenvalue weighted by Gasteiger charge is -2.34. The molecule has 10 heteroatoms. The van der Waals surface area contributed by atoms with Crippen molar-refractivity contribution in [2.45, 2.75) is 26.8 Å². The van der Waals surface area contributed by atoms with Gasteiger partial charge >= 0.3 is 6.36 Å². The van der Waals surface area contributed by atoms with Gasteiger partial charge in [0, 0.05) is 51.4 Å². The number of hydrogen-bond donors (Lipinski definition) is 2. The molecule has 0 radical (unpaired) electrons. The van der Waals surface area contributed by atoms with E-state index in [1.165, 1.54) is 12.1 Å². The zero-order valence-electron chi connectivity index (χ0n) is 17.8. The van der Waals surface area contributed by atoms with E-state index < -0.39 is 6.36 Å². The smallest absolute Gasteiger partial charge is 0.405 e. The van der Waals surface area contributed by atoms with Gasteiger partial charge in [0.05, 0.1) is 6.54 Å². The van der Waals surface area contributed by atoms with Crippen LogP contribution >= 0.6 is 24.0 Å². The number of rotatable bonds is 8. The first-order chi connectivity index (χ1) is 13.8. The zero-order valence-corrected chi connectivity index (χ0v) is 20.2. The molecule has 1 aromatic carbocycles. The Bertz CT molecular complexity index is 652. The number of guanidine groups is 1. The van der Waals surface area contributed by atoms with Crippen LogP contribution in [0.3, 0.4) is 0 Å². The van der Waals surface area contributed by atoms with Crippen molar-refractivity contribution in [1.82, 2.24) is 20.4 Å². The Kier molecular flexibility index (Phi) is 11.8.